The van der Waals surface area contributed by atoms with Crippen LogP contribution >= 0.6 is 12.2 Å². The van der Waals surface area contributed by atoms with E-state index in [0.717, 1.165) is 30.1 Å². The molecule has 1 aliphatic rings. The van der Waals surface area contributed by atoms with Crippen molar-refractivity contribution in [2.24, 2.45) is 0 Å². The zero-order valence-electron chi connectivity index (χ0n) is 19.4. The largest absolute Gasteiger partial charge is 0.497 e. The van der Waals surface area contributed by atoms with E-state index in [1.165, 1.54) is 4.57 Å². The van der Waals surface area contributed by atoms with Crippen LogP contribution in [0.5, 0.6) is 5.75 Å². The number of benzene rings is 3. The first-order valence-corrected chi connectivity index (χ1v) is 11.9. The van der Waals surface area contributed by atoms with Crippen LogP contribution in [0.25, 0.3) is 16.6 Å². The number of carbonyl (C=O) groups excluding carboxylic acids is 1. The summed E-state index contributed by atoms with van der Waals surface area (Å²) in [7, 11) is 1.66. The minimum atomic E-state index is -0.164. The first kappa shape index (κ1) is 22.9. The fraction of sp³-hybridized carbons (Fsp3) is 0.222. The standard InChI is InChI=1S/C27H26N4O3S/c1-34-22-12-10-20(11-13-22)29-14-16-30(17-15-29)25(32)18-19-6-8-21(9-7-19)31-26(33)23-4-2-3-5-24(23)28-27(31)35/h2-13H,14-18H2,1H3,(H,28,35). The number of rotatable bonds is 5. The Balaban J connectivity index is 1.24. The molecule has 1 aromatic heterocycles. The molecule has 0 atom stereocenters. The van der Waals surface area contributed by atoms with E-state index in [0.29, 0.717) is 40.9 Å². The number of nitrogens with zero attached hydrogens (tertiary/aromatic N) is 3. The van der Waals surface area contributed by atoms with Crippen LogP contribution in [-0.2, 0) is 11.2 Å². The van der Waals surface area contributed by atoms with Gasteiger partial charge in [-0.15, -0.1) is 0 Å². The van der Waals surface area contributed by atoms with Gasteiger partial charge in [-0.2, -0.15) is 0 Å². The van der Waals surface area contributed by atoms with Crippen molar-refractivity contribution in [1.82, 2.24) is 14.5 Å². The van der Waals surface area contributed by atoms with Gasteiger partial charge in [-0.3, -0.25) is 14.2 Å². The molecule has 7 nitrogen and oxygen atoms in total. The van der Waals surface area contributed by atoms with Gasteiger partial charge in [0.15, 0.2) is 4.77 Å². The molecule has 1 fully saturated rings. The molecule has 0 spiro atoms. The highest BCUT2D eigenvalue weighted by Gasteiger charge is 2.21. The lowest BCUT2D eigenvalue weighted by Gasteiger charge is -2.36. The molecule has 178 valence electrons. The van der Waals surface area contributed by atoms with Crippen molar-refractivity contribution >= 4 is 34.7 Å². The lowest BCUT2D eigenvalue weighted by molar-refractivity contribution is -0.130. The zero-order valence-corrected chi connectivity index (χ0v) is 20.3. The Bertz CT molecular complexity index is 1470. The quantitative estimate of drug-likeness (QED) is 0.433. The number of hydrogen-bond acceptors (Lipinski definition) is 5. The van der Waals surface area contributed by atoms with E-state index in [1.54, 1.807) is 13.2 Å². The van der Waals surface area contributed by atoms with Crippen LogP contribution in [0.3, 0.4) is 0 Å². The van der Waals surface area contributed by atoms with Crippen LogP contribution in [0, 0.1) is 4.77 Å². The van der Waals surface area contributed by atoms with Gasteiger partial charge in [0.2, 0.25) is 5.91 Å². The second kappa shape index (κ2) is 9.76. The maximum atomic E-state index is 13.0. The molecule has 1 aliphatic heterocycles. The van der Waals surface area contributed by atoms with Gasteiger partial charge in [0.25, 0.3) is 5.56 Å². The highest BCUT2D eigenvalue weighted by atomic mass is 32.1. The topological polar surface area (TPSA) is 70.6 Å². The summed E-state index contributed by atoms with van der Waals surface area (Å²) in [6.45, 7) is 2.95. The van der Waals surface area contributed by atoms with E-state index in [9.17, 15) is 9.59 Å². The van der Waals surface area contributed by atoms with Gasteiger partial charge in [0, 0.05) is 31.9 Å². The fourth-order valence-electron chi connectivity index (χ4n) is 4.45. The number of carbonyl (C=O) groups is 1. The van der Waals surface area contributed by atoms with Crippen molar-refractivity contribution in [3.05, 3.63) is 93.5 Å². The van der Waals surface area contributed by atoms with Gasteiger partial charge in [-0.1, -0.05) is 24.3 Å². The smallest absolute Gasteiger partial charge is 0.266 e. The average Bonchev–Trinajstić information content (AvgIpc) is 2.90. The Morgan fingerprint density at radius 3 is 2.26 bits per heavy atom. The van der Waals surface area contributed by atoms with E-state index < -0.39 is 0 Å². The summed E-state index contributed by atoms with van der Waals surface area (Å²) in [6, 6.07) is 22.8. The number of H-pyrrole nitrogens is 1. The summed E-state index contributed by atoms with van der Waals surface area (Å²) in [6.07, 6.45) is 0.322. The minimum Gasteiger partial charge on any atom is -0.497 e. The molecule has 8 heteroatoms. The van der Waals surface area contributed by atoms with Crippen molar-refractivity contribution in [2.75, 3.05) is 38.2 Å². The number of para-hydroxylation sites is 1. The van der Waals surface area contributed by atoms with Gasteiger partial charge >= 0.3 is 0 Å². The van der Waals surface area contributed by atoms with Crippen LogP contribution in [0.4, 0.5) is 5.69 Å². The number of anilines is 1. The zero-order chi connectivity index (χ0) is 24.4. The number of fused-ring (bicyclic) bond motifs is 1. The molecule has 0 saturated carbocycles. The number of ether oxygens (including phenoxy) is 1. The Kier molecular flexibility index (Phi) is 6.37. The second-order valence-electron chi connectivity index (χ2n) is 8.53. The lowest BCUT2D eigenvalue weighted by Crippen LogP contribution is -2.49. The van der Waals surface area contributed by atoms with Gasteiger partial charge in [-0.05, 0) is 66.3 Å². The summed E-state index contributed by atoms with van der Waals surface area (Å²) in [4.78, 5) is 33.2. The number of piperazine rings is 1. The van der Waals surface area contributed by atoms with E-state index in [-0.39, 0.29) is 11.5 Å². The van der Waals surface area contributed by atoms with Crippen LogP contribution < -0.4 is 15.2 Å². The minimum absolute atomic E-state index is 0.104. The fourth-order valence-corrected chi connectivity index (χ4v) is 4.75. The van der Waals surface area contributed by atoms with E-state index >= 15 is 0 Å². The maximum absolute atomic E-state index is 13.0. The summed E-state index contributed by atoms with van der Waals surface area (Å²) in [5.74, 6) is 0.938. The molecule has 1 saturated heterocycles. The Morgan fingerprint density at radius 1 is 0.914 bits per heavy atom. The van der Waals surface area contributed by atoms with E-state index in [4.69, 9.17) is 17.0 Å². The summed E-state index contributed by atoms with van der Waals surface area (Å²) < 4.78 is 7.06. The first-order valence-electron chi connectivity index (χ1n) is 11.5. The highest BCUT2D eigenvalue weighted by molar-refractivity contribution is 7.71. The molecule has 1 N–H and O–H groups in total. The number of nitrogens with one attached hydrogen (secondary N) is 1. The molecular weight excluding hydrogens is 460 g/mol. The summed E-state index contributed by atoms with van der Waals surface area (Å²) >= 11 is 5.43. The number of aromatic amines is 1. The van der Waals surface area contributed by atoms with E-state index in [1.807, 2.05) is 71.6 Å². The normalized spacial score (nSPS) is 13.7. The number of methoxy groups -OCH3 is 1. The molecular formula is C27H26N4O3S. The molecule has 35 heavy (non-hydrogen) atoms. The average molecular weight is 487 g/mol. The lowest BCUT2D eigenvalue weighted by atomic mass is 10.1. The van der Waals surface area contributed by atoms with Crippen molar-refractivity contribution in [2.45, 2.75) is 6.42 Å². The molecule has 0 aliphatic carbocycles. The van der Waals surface area contributed by atoms with Crippen LogP contribution in [0.1, 0.15) is 5.56 Å². The molecule has 4 aromatic rings. The number of hydrogen-bond donors (Lipinski definition) is 1. The third kappa shape index (κ3) is 4.70. The molecule has 0 unspecified atom stereocenters. The number of aromatic nitrogens is 2. The highest BCUT2D eigenvalue weighted by Crippen LogP contribution is 2.21. The monoisotopic (exact) mass is 486 g/mol. The van der Waals surface area contributed by atoms with Gasteiger partial charge in [0.05, 0.1) is 30.1 Å². The van der Waals surface area contributed by atoms with Gasteiger partial charge < -0.3 is 19.5 Å². The van der Waals surface area contributed by atoms with Gasteiger partial charge in [0.1, 0.15) is 5.75 Å². The first-order chi connectivity index (χ1) is 17.0. The number of amides is 1. The molecule has 0 radical (unpaired) electrons. The predicted octanol–water partition coefficient (Wildman–Crippen LogP) is 3.95. The molecule has 1 amide bonds. The van der Waals surface area contributed by atoms with Crippen LogP contribution in [-0.4, -0.2) is 53.6 Å². The Morgan fingerprint density at radius 2 is 1.57 bits per heavy atom. The van der Waals surface area contributed by atoms with Crippen molar-refractivity contribution in [1.29, 1.82) is 0 Å². The molecule has 5 rings (SSSR count). The van der Waals surface area contributed by atoms with Crippen molar-refractivity contribution < 1.29 is 9.53 Å². The predicted molar refractivity (Wildman–Crippen MR) is 140 cm³/mol. The SMILES string of the molecule is COc1ccc(N2CCN(C(=O)Cc3ccc(-n4c(=S)[nH]c5ccccc5c4=O)cc3)CC2)cc1. The molecule has 0 bridgehead atoms. The maximum Gasteiger partial charge on any atom is 0.266 e. The summed E-state index contributed by atoms with van der Waals surface area (Å²) in [5, 5.41) is 0.578. The Hall–Kier alpha value is -3.91. The summed E-state index contributed by atoms with van der Waals surface area (Å²) in [5.41, 5.74) is 3.26. The van der Waals surface area contributed by atoms with Crippen molar-refractivity contribution in [3.63, 3.8) is 0 Å². The second-order valence-corrected chi connectivity index (χ2v) is 8.91. The third-order valence-electron chi connectivity index (χ3n) is 6.43. The molecule has 2 heterocycles. The Labute approximate surface area is 208 Å². The van der Waals surface area contributed by atoms with Crippen molar-refractivity contribution in [3.8, 4) is 11.4 Å². The van der Waals surface area contributed by atoms with Crippen LogP contribution in [0.15, 0.2) is 77.6 Å². The third-order valence-corrected chi connectivity index (χ3v) is 6.71. The van der Waals surface area contributed by atoms with Crippen LogP contribution in [0.2, 0.25) is 0 Å². The van der Waals surface area contributed by atoms with E-state index in [2.05, 4.69) is 9.88 Å². The van der Waals surface area contributed by atoms with Gasteiger partial charge in [-0.25, -0.2) is 0 Å². The molecule has 3 aromatic carbocycles.